The fourth-order valence-electron chi connectivity index (χ4n) is 2.99. The number of nitro groups is 1. The van der Waals surface area contributed by atoms with Crippen LogP contribution in [0.3, 0.4) is 0 Å². The van der Waals surface area contributed by atoms with Gasteiger partial charge in [-0.15, -0.1) is 0 Å². The third kappa shape index (κ3) is 5.16. The third-order valence-electron chi connectivity index (χ3n) is 5.32. The Morgan fingerprint density at radius 1 is 1.44 bits per heavy atom. The molecular formula is C17H28N4O5Si. The first-order valence-electron chi connectivity index (χ1n) is 8.91. The van der Waals surface area contributed by atoms with Crippen LogP contribution in [0.2, 0.25) is 18.1 Å². The molecule has 1 aromatic rings. The first-order chi connectivity index (χ1) is 12.4. The second-order valence-corrected chi connectivity index (χ2v) is 13.2. The van der Waals surface area contributed by atoms with Gasteiger partial charge >= 0.3 is 11.8 Å². The molecule has 1 saturated heterocycles. The SMILES string of the molecule is CC(C)(C)[Si](C)(C)OC1CC(NC(=O)O)CN(c2ccncc2[N+](=O)[O-])C1. The monoisotopic (exact) mass is 396 g/mol. The first kappa shape index (κ1) is 21.1. The van der Waals surface area contributed by atoms with Gasteiger partial charge in [-0.25, -0.2) is 4.79 Å². The molecule has 27 heavy (non-hydrogen) atoms. The Hall–Kier alpha value is -2.20. The number of carboxylic acid groups (broad SMARTS) is 1. The highest BCUT2D eigenvalue weighted by atomic mass is 28.4. The fraction of sp³-hybridized carbons (Fsp3) is 0.647. The Bertz CT molecular complexity index is 707. The minimum absolute atomic E-state index is 0.00760. The molecule has 1 aromatic heterocycles. The van der Waals surface area contributed by atoms with E-state index in [1.54, 1.807) is 6.07 Å². The number of carbonyl (C=O) groups is 1. The lowest BCUT2D eigenvalue weighted by molar-refractivity contribution is -0.384. The standard InChI is InChI=1S/C17H28N4O5Si/c1-17(2,3)27(4,5)26-13-8-12(19-16(22)23)10-20(11-13)14-6-7-18-9-15(14)21(24)25/h6-7,9,12-13,19H,8,10-11H2,1-5H3,(H,22,23). The second-order valence-electron chi connectivity index (χ2n) is 8.41. The Labute approximate surface area is 160 Å². The van der Waals surface area contributed by atoms with E-state index in [1.165, 1.54) is 12.4 Å². The van der Waals surface area contributed by atoms with Gasteiger partial charge < -0.3 is 19.7 Å². The molecule has 150 valence electrons. The number of aromatic nitrogens is 1. The van der Waals surface area contributed by atoms with Gasteiger partial charge in [-0.1, -0.05) is 20.8 Å². The van der Waals surface area contributed by atoms with Crippen molar-refractivity contribution >= 4 is 25.8 Å². The maximum Gasteiger partial charge on any atom is 0.404 e. The van der Waals surface area contributed by atoms with Crippen LogP contribution < -0.4 is 10.2 Å². The van der Waals surface area contributed by atoms with Crippen molar-refractivity contribution in [3.05, 3.63) is 28.6 Å². The molecule has 0 aliphatic carbocycles. The number of piperidine rings is 1. The Balaban J connectivity index is 2.30. The summed E-state index contributed by atoms with van der Waals surface area (Å²) >= 11 is 0. The van der Waals surface area contributed by atoms with E-state index in [4.69, 9.17) is 9.53 Å². The van der Waals surface area contributed by atoms with Crippen molar-refractivity contribution in [1.82, 2.24) is 10.3 Å². The van der Waals surface area contributed by atoms with Crippen LogP contribution in [0.1, 0.15) is 27.2 Å². The molecule has 1 aliphatic rings. The summed E-state index contributed by atoms with van der Waals surface area (Å²) in [5.74, 6) is 0. The zero-order valence-electron chi connectivity index (χ0n) is 16.4. The van der Waals surface area contributed by atoms with E-state index in [0.717, 1.165) is 0 Å². The van der Waals surface area contributed by atoms with Gasteiger partial charge in [0.15, 0.2) is 8.32 Å². The molecule has 0 spiro atoms. The van der Waals surface area contributed by atoms with Gasteiger partial charge in [0, 0.05) is 19.3 Å². The molecular weight excluding hydrogens is 368 g/mol. The molecule has 2 N–H and O–H groups in total. The van der Waals surface area contributed by atoms with E-state index >= 15 is 0 Å². The van der Waals surface area contributed by atoms with E-state index in [9.17, 15) is 14.9 Å². The Kier molecular flexibility index (Phi) is 6.10. The van der Waals surface area contributed by atoms with Crippen molar-refractivity contribution in [1.29, 1.82) is 0 Å². The Morgan fingerprint density at radius 2 is 2.11 bits per heavy atom. The van der Waals surface area contributed by atoms with Crippen LogP contribution in [0.4, 0.5) is 16.2 Å². The molecule has 2 atom stereocenters. The lowest BCUT2D eigenvalue weighted by Crippen LogP contribution is -2.56. The minimum Gasteiger partial charge on any atom is -0.465 e. The molecule has 2 heterocycles. The zero-order chi connectivity index (χ0) is 20.4. The normalized spacial score (nSPS) is 21.0. The van der Waals surface area contributed by atoms with Gasteiger partial charge in [0.05, 0.1) is 17.1 Å². The van der Waals surface area contributed by atoms with Crippen LogP contribution in [-0.2, 0) is 4.43 Å². The van der Waals surface area contributed by atoms with Gasteiger partial charge in [0.25, 0.3) is 0 Å². The number of hydrogen-bond donors (Lipinski definition) is 2. The number of hydrogen-bond acceptors (Lipinski definition) is 6. The summed E-state index contributed by atoms with van der Waals surface area (Å²) < 4.78 is 6.49. The largest absolute Gasteiger partial charge is 0.465 e. The number of nitrogens with one attached hydrogen (secondary N) is 1. The lowest BCUT2D eigenvalue weighted by atomic mass is 10.0. The summed E-state index contributed by atoms with van der Waals surface area (Å²) in [4.78, 5) is 27.7. The molecule has 0 bridgehead atoms. The molecule has 10 heteroatoms. The summed E-state index contributed by atoms with van der Waals surface area (Å²) in [7, 11) is -2.08. The van der Waals surface area contributed by atoms with E-state index in [1.807, 2.05) is 4.90 Å². The van der Waals surface area contributed by atoms with Crippen LogP contribution in [0.25, 0.3) is 0 Å². The van der Waals surface area contributed by atoms with Gasteiger partial charge in [0.2, 0.25) is 0 Å². The third-order valence-corrected chi connectivity index (χ3v) is 9.86. The number of pyridine rings is 1. The fourth-order valence-corrected chi connectivity index (χ4v) is 4.35. The molecule has 0 radical (unpaired) electrons. The van der Waals surface area contributed by atoms with Crippen molar-refractivity contribution in [2.24, 2.45) is 0 Å². The minimum atomic E-state index is -2.08. The number of anilines is 1. The molecule has 1 fully saturated rings. The summed E-state index contributed by atoms with van der Waals surface area (Å²) in [6, 6.07) is 1.21. The number of amides is 1. The molecule has 2 unspecified atom stereocenters. The van der Waals surface area contributed by atoms with Crippen LogP contribution in [0.5, 0.6) is 0 Å². The van der Waals surface area contributed by atoms with E-state index in [-0.39, 0.29) is 22.9 Å². The number of nitrogens with zero attached hydrogens (tertiary/aromatic N) is 3. The summed E-state index contributed by atoms with van der Waals surface area (Å²) in [5.41, 5.74) is 0.329. The molecule has 2 rings (SSSR count). The van der Waals surface area contributed by atoms with E-state index in [0.29, 0.717) is 25.2 Å². The maximum atomic E-state index is 11.4. The Morgan fingerprint density at radius 3 is 2.67 bits per heavy atom. The van der Waals surface area contributed by atoms with Crippen molar-refractivity contribution in [2.45, 2.75) is 57.5 Å². The van der Waals surface area contributed by atoms with E-state index in [2.05, 4.69) is 44.2 Å². The van der Waals surface area contributed by atoms with Gasteiger partial charge in [-0.2, -0.15) is 0 Å². The topological polar surface area (TPSA) is 118 Å². The highest BCUT2D eigenvalue weighted by molar-refractivity contribution is 6.74. The second kappa shape index (κ2) is 7.81. The molecule has 1 amide bonds. The average Bonchev–Trinajstić information content (AvgIpc) is 2.52. The summed E-state index contributed by atoms with van der Waals surface area (Å²) in [5, 5.41) is 23.0. The highest BCUT2D eigenvalue weighted by Gasteiger charge is 2.41. The van der Waals surface area contributed by atoms with E-state index < -0.39 is 19.3 Å². The maximum absolute atomic E-state index is 11.4. The van der Waals surface area contributed by atoms with Crippen LogP contribution in [0, 0.1) is 10.1 Å². The smallest absolute Gasteiger partial charge is 0.404 e. The predicted molar refractivity (Wildman–Crippen MR) is 105 cm³/mol. The van der Waals surface area contributed by atoms with Gasteiger partial charge in [-0.05, 0) is 30.6 Å². The summed E-state index contributed by atoms with van der Waals surface area (Å²) in [6.07, 6.45) is 1.92. The zero-order valence-corrected chi connectivity index (χ0v) is 17.4. The van der Waals surface area contributed by atoms with Crippen molar-refractivity contribution in [3.63, 3.8) is 0 Å². The first-order valence-corrected chi connectivity index (χ1v) is 11.8. The lowest BCUT2D eigenvalue weighted by Gasteiger charge is -2.44. The molecule has 1 aliphatic heterocycles. The van der Waals surface area contributed by atoms with Crippen molar-refractivity contribution < 1.29 is 19.3 Å². The highest BCUT2D eigenvalue weighted by Crippen LogP contribution is 2.39. The molecule has 0 saturated carbocycles. The van der Waals surface area contributed by atoms with Crippen LogP contribution in [0.15, 0.2) is 18.5 Å². The quantitative estimate of drug-likeness (QED) is 0.445. The van der Waals surface area contributed by atoms with Crippen LogP contribution in [-0.4, -0.2) is 54.7 Å². The average molecular weight is 397 g/mol. The van der Waals surface area contributed by atoms with Crippen molar-refractivity contribution in [2.75, 3.05) is 18.0 Å². The molecule has 0 aromatic carbocycles. The van der Waals surface area contributed by atoms with Crippen molar-refractivity contribution in [3.8, 4) is 0 Å². The predicted octanol–water partition coefficient (Wildman–Crippen LogP) is 3.23. The van der Waals surface area contributed by atoms with Gasteiger partial charge in [0.1, 0.15) is 11.9 Å². The van der Waals surface area contributed by atoms with Crippen LogP contribution >= 0.6 is 0 Å². The molecule has 9 nitrogen and oxygen atoms in total. The number of rotatable bonds is 5. The summed E-state index contributed by atoms with van der Waals surface area (Å²) in [6.45, 7) is 11.5. The van der Waals surface area contributed by atoms with Gasteiger partial charge in [-0.3, -0.25) is 15.1 Å².